The molecule has 2 aromatic carbocycles. The van der Waals surface area contributed by atoms with Crippen LogP contribution in [-0.4, -0.2) is 30.1 Å². The minimum atomic E-state index is -0.286. The van der Waals surface area contributed by atoms with E-state index in [2.05, 4.69) is 20.2 Å². The fourth-order valence-electron chi connectivity index (χ4n) is 3.76. The zero-order valence-electron chi connectivity index (χ0n) is 16.2. The number of rotatable bonds is 3. The second-order valence-electron chi connectivity index (χ2n) is 7.15. The van der Waals surface area contributed by atoms with Crippen LogP contribution in [0.4, 0.5) is 4.39 Å². The lowest BCUT2D eigenvalue weighted by atomic mass is 10.0. The highest BCUT2D eigenvalue weighted by Crippen LogP contribution is 2.32. The number of imidazole rings is 1. The number of aromatic amines is 2. The van der Waals surface area contributed by atoms with E-state index < -0.39 is 0 Å². The molecule has 0 amide bonds. The van der Waals surface area contributed by atoms with E-state index in [-0.39, 0.29) is 5.82 Å². The van der Waals surface area contributed by atoms with Crippen LogP contribution in [0.15, 0.2) is 79.0 Å². The van der Waals surface area contributed by atoms with Crippen LogP contribution in [0.5, 0.6) is 0 Å². The van der Waals surface area contributed by atoms with E-state index in [9.17, 15) is 4.39 Å². The van der Waals surface area contributed by atoms with E-state index in [0.29, 0.717) is 28.1 Å². The summed E-state index contributed by atoms with van der Waals surface area (Å²) in [5, 5.41) is 7.45. The molecule has 31 heavy (non-hydrogen) atoms. The van der Waals surface area contributed by atoms with Gasteiger partial charge in [-0.2, -0.15) is 5.10 Å². The number of pyridine rings is 2. The van der Waals surface area contributed by atoms with Gasteiger partial charge in [-0.25, -0.2) is 14.4 Å². The van der Waals surface area contributed by atoms with Gasteiger partial charge >= 0.3 is 0 Å². The van der Waals surface area contributed by atoms with Crippen molar-refractivity contribution in [2.45, 2.75) is 0 Å². The Morgan fingerprint density at radius 2 is 1.55 bits per heavy atom. The van der Waals surface area contributed by atoms with E-state index in [1.54, 1.807) is 18.3 Å². The Labute approximate surface area is 175 Å². The average molecular weight is 406 g/mol. The van der Waals surface area contributed by atoms with Crippen molar-refractivity contribution in [3.05, 3.63) is 84.8 Å². The first-order chi connectivity index (χ1) is 15.3. The summed E-state index contributed by atoms with van der Waals surface area (Å²) >= 11 is 0. The number of fused-ring (bicyclic) bond motifs is 2. The summed E-state index contributed by atoms with van der Waals surface area (Å²) in [6.45, 7) is 0. The summed E-state index contributed by atoms with van der Waals surface area (Å²) in [6, 6.07) is 21.9. The minimum Gasteiger partial charge on any atom is -0.336 e. The number of H-pyrrole nitrogens is 2. The van der Waals surface area contributed by atoms with Gasteiger partial charge in [-0.3, -0.25) is 10.1 Å². The van der Waals surface area contributed by atoms with Crippen molar-refractivity contribution < 1.29 is 4.39 Å². The average Bonchev–Trinajstić information content (AvgIpc) is 3.43. The van der Waals surface area contributed by atoms with Crippen LogP contribution in [0.3, 0.4) is 0 Å². The Morgan fingerprint density at radius 1 is 0.677 bits per heavy atom. The molecular weight excluding hydrogens is 391 g/mol. The molecule has 4 aromatic heterocycles. The fraction of sp³-hybridized carbons (Fsp3) is 0. The third kappa shape index (κ3) is 2.86. The first-order valence-electron chi connectivity index (χ1n) is 9.78. The van der Waals surface area contributed by atoms with Crippen LogP contribution >= 0.6 is 0 Å². The van der Waals surface area contributed by atoms with Crippen molar-refractivity contribution in [1.82, 2.24) is 30.1 Å². The predicted octanol–water partition coefficient (Wildman–Crippen LogP) is 5.37. The lowest BCUT2D eigenvalue weighted by Gasteiger charge is -2.03. The van der Waals surface area contributed by atoms with Crippen molar-refractivity contribution in [2.75, 3.05) is 0 Å². The summed E-state index contributed by atoms with van der Waals surface area (Å²) in [5.74, 6) is 0.280. The van der Waals surface area contributed by atoms with Gasteiger partial charge in [0.1, 0.15) is 11.3 Å². The smallest absolute Gasteiger partial charge is 0.161 e. The first kappa shape index (κ1) is 17.5. The molecule has 0 aliphatic carbocycles. The Balaban J connectivity index is 1.53. The van der Waals surface area contributed by atoms with E-state index in [0.717, 1.165) is 28.0 Å². The summed E-state index contributed by atoms with van der Waals surface area (Å²) < 4.78 is 14.4. The molecule has 0 radical (unpaired) electrons. The van der Waals surface area contributed by atoms with Crippen LogP contribution in [-0.2, 0) is 0 Å². The summed E-state index contributed by atoms with van der Waals surface area (Å²) in [5.41, 5.74) is 6.32. The molecule has 6 aromatic rings. The predicted molar refractivity (Wildman–Crippen MR) is 118 cm³/mol. The molecule has 0 atom stereocenters. The largest absolute Gasteiger partial charge is 0.336 e. The highest BCUT2D eigenvalue weighted by Gasteiger charge is 2.17. The number of hydrogen-bond donors (Lipinski definition) is 2. The SMILES string of the molecule is Fc1ccccc1-c1cccc2[nH]c(-c3n[nH]c4ccc(-c5ccccn5)nc34)nc12. The molecule has 0 bridgehead atoms. The molecule has 0 aliphatic rings. The quantitative estimate of drug-likeness (QED) is 0.414. The van der Waals surface area contributed by atoms with Crippen molar-refractivity contribution in [1.29, 1.82) is 0 Å². The van der Waals surface area contributed by atoms with Crippen molar-refractivity contribution >= 4 is 22.1 Å². The molecule has 0 saturated heterocycles. The van der Waals surface area contributed by atoms with Gasteiger partial charge in [-0.15, -0.1) is 0 Å². The molecule has 0 spiro atoms. The summed E-state index contributed by atoms with van der Waals surface area (Å²) in [7, 11) is 0. The van der Waals surface area contributed by atoms with E-state index in [1.807, 2.05) is 54.6 Å². The Bertz CT molecular complexity index is 1550. The van der Waals surface area contributed by atoms with Crippen LogP contribution < -0.4 is 0 Å². The third-order valence-corrected chi connectivity index (χ3v) is 5.24. The van der Waals surface area contributed by atoms with Gasteiger partial charge in [0.05, 0.1) is 27.9 Å². The van der Waals surface area contributed by atoms with Crippen molar-refractivity contribution in [3.8, 4) is 34.0 Å². The Kier molecular flexibility index (Phi) is 3.86. The molecular formula is C24H15FN6. The number of halogens is 1. The van der Waals surface area contributed by atoms with Gasteiger partial charge in [-0.1, -0.05) is 36.4 Å². The van der Waals surface area contributed by atoms with E-state index in [1.165, 1.54) is 6.07 Å². The highest BCUT2D eigenvalue weighted by atomic mass is 19.1. The molecule has 0 unspecified atom stereocenters. The first-order valence-corrected chi connectivity index (χ1v) is 9.78. The van der Waals surface area contributed by atoms with Gasteiger partial charge in [-0.05, 0) is 36.4 Å². The van der Waals surface area contributed by atoms with Gasteiger partial charge in [0.15, 0.2) is 11.5 Å². The van der Waals surface area contributed by atoms with Crippen LogP contribution in [0, 0.1) is 5.82 Å². The van der Waals surface area contributed by atoms with Gasteiger partial charge in [0.2, 0.25) is 0 Å². The topological polar surface area (TPSA) is 83.1 Å². The van der Waals surface area contributed by atoms with Gasteiger partial charge in [0.25, 0.3) is 0 Å². The van der Waals surface area contributed by atoms with Crippen LogP contribution in [0.25, 0.3) is 56.1 Å². The van der Waals surface area contributed by atoms with Crippen LogP contribution in [0.1, 0.15) is 0 Å². The number of benzene rings is 2. The van der Waals surface area contributed by atoms with Gasteiger partial charge in [0, 0.05) is 17.3 Å². The number of hydrogen-bond acceptors (Lipinski definition) is 4. The zero-order valence-corrected chi connectivity index (χ0v) is 16.2. The van der Waals surface area contributed by atoms with Crippen LogP contribution in [0.2, 0.25) is 0 Å². The molecule has 0 aliphatic heterocycles. The Morgan fingerprint density at radius 3 is 2.42 bits per heavy atom. The number of aromatic nitrogens is 6. The second-order valence-corrected chi connectivity index (χ2v) is 7.15. The summed E-state index contributed by atoms with van der Waals surface area (Å²) in [4.78, 5) is 17.2. The number of nitrogens with one attached hydrogen (secondary N) is 2. The minimum absolute atomic E-state index is 0.286. The molecule has 148 valence electrons. The maximum atomic E-state index is 14.4. The molecule has 0 saturated carbocycles. The molecule has 2 N–H and O–H groups in total. The van der Waals surface area contributed by atoms with E-state index in [4.69, 9.17) is 9.97 Å². The van der Waals surface area contributed by atoms with Gasteiger partial charge < -0.3 is 4.98 Å². The molecule has 4 heterocycles. The van der Waals surface area contributed by atoms with Crippen molar-refractivity contribution in [2.24, 2.45) is 0 Å². The summed E-state index contributed by atoms with van der Waals surface area (Å²) in [6.07, 6.45) is 1.74. The number of para-hydroxylation sites is 1. The molecule has 7 heteroatoms. The lowest BCUT2D eigenvalue weighted by molar-refractivity contribution is 0.631. The molecule has 6 rings (SSSR count). The van der Waals surface area contributed by atoms with E-state index >= 15 is 0 Å². The normalized spacial score (nSPS) is 11.4. The second kappa shape index (κ2) is 6.84. The van der Waals surface area contributed by atoms with Crippen molar-refractivity contribution in [3.63, 3.8) is 0 Å². The zero-order chi connectivity index (χ0) is 20.8. The Hall–Kier alpha value is -4.39. The maximum Gasteiger partial charge on any atom is 0.161 e. The fourth-order valence-corrected chi connectivity index (χ4v) is 3.76. The third-order valence-electron chi connectivity index (χ3n) is 5.24. The highest BCUT2D eigenvalue weighted by molar-refractivity contribution is 5.96. The lowest BCUT2D eigenvalue weighted by Crippen LogP contribution is -1.88. The number of nitrogens with zero attached hydrogens (tertiary/aromatic N) is 4. The molecule has 0 fully saturated rings. The standard InChI is InChI=1S/C24H15FN6/c25-16-8-2-1-6-14(16)15-7-5-10-19-21(15)29-24(28-19)23-22-20(30-31-23)12-11-18(27-22)17-9-3-4-13-26-17/h1-13H,(H,28,29)(H,30,31). The monoisotopic (exact) mass is 406 g/mol. The maximum absolute atomic E-state index is 14.4. The molecule has 6 nitrogen and oxygen atoms in total.